The molecule has 3 aliphatic rings. The summed E-state index contributed by atoms with van der Waals surface area (Å²) in [6.45, 7) is 6.77. The predicted molar refractivity (Wildman–Crippen MR) is 127 cm³/mol. The number of amides is 1. The molecule has 3 saturated carbocycles. The van der Waals surface area contributed by atoms with E-state index in [9.17, 15) is 9.59 Å². The molecule has 2 N–H and O–H groups in total. The van der Waals surface area contributed by atoms with Gasteiger partial charge in [0.25, 0.3) is 5.91 Å². The van der Waals surface area contributed by atoms with Gasteiger partial charge in [-0.2, -0.15) is 0 Å². The fourth-order valence-electron chi connectivity index (χ4n) is 5.68. The summed E-state index contributed by atoms with van der Waals surface area (Å²) in [6, 6.07) is 6.50. The number of hydrogen-bond acceptors (Lipinski definition) is 3. The Kier molecular flexibility index (Phi) is 6.25. The van der Waals surface area contributed by atoms with Crippen LogP contribution in [0.4, 0.5) is 0 Å². The van der Waals surface area contributed by atoms with Gasteiger partial charge in [0.05, 0.1) is 5.56 Å². The Bertz CT molecular complexity index is 1010. The molecule has 0 spiro atoms. The van der Waals surface area contributed by atoms with E-state index in [2.05, 4.69) is 56.4 Å². The van der Waals surface area contributed by atoms with Crippen molar-refractivity contribution in [3.05, 3.63) is 46.9 Å². The minimum absolute atomic E-state index is 0.0541. The number of allylic oxidation sites excluding steroid dienone is 2. The van der Waals surface area contributed by atoms with Gasteiger partial charge in [0.2, 0.25) is 0 Å². The first kappa shape index (κ1) is 22.1. The van der Waals surface area contributed by atoms with Crippen LogP contribution in [0.2, 0.25) is 0 Å². The van der Waals surface area contributed by atoms with E-state index in [0.717, 1.165) is 40.8 Å². The number of nitrogens with one attached hydrogen (secondary N) is 1. The van der Waals surface area contributed by atoms with Crippen molar-refractivity contribution in [2.24, 2.45) is 23.2 Å². The fraction of sp³-hybridized carbons (Fsp3) is 0.538. The summed E-state index contributed by atoms with van der Waals surface area (Å²) in [5.41, 5.74) is 2.25. The van der Waals surface area contributed by atoms with Gasteiger partial charge in [-0.15, -0.1) is 11.3 Å². The molecule has 2 bridgehead atoms. The SMILES string of the molecule is Cc1ccc2scc(C(=O)N[C@@H]3[C@H](C/C=C\CCCC(=O)O)C[C@H]4C[C@@H]3C4(C)C)c2c1. The first-order chi connectivity index (χ1) is 14.8. The van der Waals surface area contributed by atoms with Crippen LogP contribution in [0.15, 0.2) is 35.7 Å². The van der Waals surface area contributed by atoms with Crippen LogP contribution >= 0.6 is 11.3 Å². The largest absolute Gasteiger partial charge is 0.481 e. The number of hydrogen-bond donors (Lipinski definition) is 2. The van der Waals surface area contributed by atoms with E-state index in [1.165, 1.54) is 12.0 Å². The summed E-state index contributed by atoms with van der Waals surface area (Å²) in [5.74, 6) is 1.02. The van der Waals surface area contributed by atoms with Crippen molar-refractivity contribution < 1.29 is 14.7 Å². The Morgan fingerprint density at radius 1 is 1.26 bits per heavy atom. The number of aryl methyl sites for hydroxylation is 1. The number of benzene rings is 1. The van der Waals surface area contributed by atoms with Crippen molar-refractivity contribution >= 4 is 33.3 Å². The van der Waals surface area contributed by atoms with Crippen molar-refractivity contribution in [2.75, 3.05) is 0 Å². The van der Waals surface area contributed by atoms with Crippen LogP contribution in [0.5, 0.6) is 0 Å². The minimum Gasteiger partial charge on any atom is -0.481 e. The maximum atomic E-state index is 13.3. The standard InChI is InChI=1S/C26H33NO3S/c1-16-10-11-22-19(12-16)20(15-31-22)25(30)27-24-17(8-6-4-5-7-9-23(28)29)13-18-14-21(24)26(18,2)3/h4,6,10-12,15,17-18,21,24H,5,7-9,13-14H2,1-3H3,(H,27,30)(H,28,29)/b6-4-/t17-,18+,21+,24-/m1/s1. The zero-order valence-electron chi connectivity index (χ0n) is 18.7. The Labute approximate surface area is 188 Å². The van der Waals surface area contributed by atoms with E-state index in [1.807, 2.05) is 5.38 Å². The fourth-order valence-corrected chi connectivity index (χ4v) is 6.60. The van der Waals surface area contributed by atoms with E-state index >= 15 is 0 Å². The lowest BCUT2D eigenvalue weighted by molar-refractivity contribution is -0.137. The second-order valence-corrected chi connectivity index (χ2v) is 10.9. The van der Waals surface area contributed by atoms with E-state index < -0.39 is 5.97 Å². The number of fused-ring (bicyclic) bond motifs is 3. The summed E-state index contributed by atoms with van der Waals surface area (Å²) in [4.78, 5) is 24.0. The molecule has 2 aromatic rings. The normalized spacial score (nSPS) is 26.7. The number of thiophene rings is 1. The molecule has 0 unspecified atom stereocenters. The lowest BCUT2D eigenvalue weighted by atomic mass is 9.44. The summed E-state index contributed by atoms with van der Waals surface area (Å²) in [5, 5.41) is 15.3. The smallest absolute Gasteiger partial charge is 0.303 e. The molecule has 0 aliphatic heterocycles. The molecule has 3 aliphatic carbocycles. The number of carbonyl (C=O) groups excluding carboxylic acids is 1. The molecule has 1 aromatic heterocycles. The highest BCUT2D eigenvalue weighted by molar-refractivity contribution is 7.17. The van der Waals surface area contributed by atoms with Gasteiger partial charge in [-0.3, -0.25) is 9.59 Å². The highest BCUT2D eigenvalue weighted by Crippen LogP contribution is 2.61. The second-order valence-electron chi connectivity index (χ2n) is 10.00. The molecule has 4 nitrogen and oxygen atoms in total. The molecule has 5 rings (SSSR count). The van der Waals surface area contributed by atoms with Crippen LogP contribution in [0.3, 0.4) is 0 Å². The Balaban J connectivity index is 1.46. The highest BCUT2D eigenvalue weighted by atomic mass is 32.1. The lowest BCUT2D eigenvalue weighted by Crippen LogP contribution is -2.63. The van der Waals surface area contributed by atoms with Crippen LogP contribution < -0.4 is 5.32 Å². The predicted octanol–water partition coefficient (Wildman–Crippen LogP) is 6.19. The topological polar surface area (TPSA) is 66.4 Å². The quantitative estimate of drug-likeness (QED) is 0.381. The van der Waals surface area contributed by atoms with E-state index in [0.29, 0.717) is 18.3 Å². The van der Waals surface area contributed by atoms with Crippen molar-refractivity contribution in [3.63, 3.8) is 0 Å². The van der Waals surface area contributed by atoms with Crippen molar-refractivity contribution in [2.45, 2.75) is 65.3 Å². The second kappa shape index (κ2) is 8.78. The van der Waals surface area contributed by atoms with Gasteiger partial charge < -0.3 is 10.4 Å². The van der Waals surface area contributed by atoms with Gasteiger partial charge in [-0.05, 0) is 74.3 Å². The minimum atomic E-state index is -0.734. The molecule has 3 fully saturated rings. The van der Waals surface area contributed by atoms with Crippen LogP contribution in [0.25, 0.3) is 10.1 Å². The molecule has 31 heavy (non-hydrogen) atoms. The number of carboxylic acids is 1. The summed E-state index contributed by atoms with van der Waals surface area (Å²) in [7, 11) is 0. The number of unbranched alkanes of at least 4 members (excludes halogenated alkanes) is 1. The Morgan fingerprint density at radius 3 is 2.81 bits per heavy atom. The van der Waals surface area contributed by atoms with Crippen LogP contribution in [0.1, 0.15) is 68.3 Å². The average molecular weight is 440 g/mol. The van der Waals surface area contributed by atoms with Crippen LogP contribution in [0, 0.1) is 30.1 Å². The van der Waals surface area contributed by atoms with Crippen molar-refractivity contribution in [1.29, 1.82) is 0 Å². The number of rotatable bonds is 8. The molecule has 1 amide bonds. The molecule has 166 valence electrons. The van der Waals surface area contributed by atoms with Crippen LogP contribution in [-0.2, 0) is 4.79 Å². The third kappa shape index (κ3) is 4.43. The van der Waals surface area contributed by atoms with Crippen molar-refractivity contribution in [1.82, 2.24) is 5.32 Å². The van der Waals surface area contributed by atoms with Gasteiger partial charge in [0.1, 0.15) is 0 Å². The third-order valence-corrected chi connectivity index (χ3v) is 8.68. The molecule has 4 atom stereocenters. The zero-order chi connectivity index (χ0) is 22.2. The summed E-state index contributed by atoms with van der Waals surface area (Å²) >= 11 is 1.63. The molecule has 0 radical (unpaired) electrons. The summed E-state index contributed by atoms with van der Waals surface area (Å²) in [6.07, 6.45) is 9.32. The lowest BCUT2D eigenvalue weighted by Gasteiger charge is -2.62. The molecular weight excluding hydrogens is 406 g/mol. The molecular formula is C26H33NO3S. The number of carbonyl (C=O) groups is 2. The maximum absolute atomic E-state index is 13.3. The molecule has 5 heteroatoms. The third-order valence-electron chi connectivity index (χ3n) is 7.71. The van der Waals surface area contributed by atoms with Crippen molar-refractivity contribution in [3.8, 4) is 0 Å². The number of aliphatic carboxylic acids is 1. The molecule has 0 saturated heterocycles. The van der Waals surface area contributed by atoms with E-state index in [4.69, 9.17) is 5.11 Å². The number of carboxylic acid groups (broad SMARTS) is 1. The van der Waals surface area contributed by atoms with Gasteiger partial charge >= 0.3 is 5.97 Å². The first-order valence-corrected chi connectivity index (χ1v) is 12.3. The Morgan fingerprint density at radius 2 is 2.06 bits per heavy atom. The van der Waals surface area contributed by atoms with Gasteiger partial charge in [-0.25, -0.2) is 0 Å². The van der Waals surface area contributed by atoms with Gasteiger partial charge in [-0.1, -0.05) is 37.6 Å². The molecule has 1 aromatic carbocycles. The average Bonchev–Trinajstić information content (AvgIpc) is 3.13. The summed E-state index contributed by atoms with van der Waals surface area (Å²) < 4.78 is 1.16. The first-order valence-electron chi connectivity index (χ1n) is 11.4. The zero-order valence-corrected chi connectivity index (χ0v) is 19.5. The van der Waals surface area contributed by atoms with E-state index in [-0.39, 0.29) is 23.8 Å². The molecule has 1 heterocycles. The monoisotopic (exact) mass is 439 g/mol. The van der Waals surface area contributed by atoms with Gasteiger partial charge in [0, 0.05) is 27.9 Å². The Hall–Kier alpha value is -2.14. The maximum Gasteiger partial charge on any atom is 0.303 e. The van der Waals surface area contributed by atoms with Crippen LogP contribution in [-0.4, -0.2) is 23.0 Å². The highest BCUT2D eigenvalue weighted by Gasteiger charge is 2.57. The van der Waals surface area contributed by atoms with Gasteiger partial charge in [0.15, 0.2) is 0 Å². The van der Waals surface area contributed by atoms with E-state index in [1.54, 1.807) is 11.3 Å².